The average molecular weight is 198 g/mol. The van der Waals surface area contributed by atoms with Gasteiger partial charge in [0.25, 0.3) is 10.8 Å². The maximum Gasteiger partial charge on any atom is 0.309 e. The van der Waals surface area contributed by atoms with Gasteiger partial charge >= 0.3 is 5.97 Å². The molecule has 1 aromatic carbocycles. The number of rotatable bonds is 3. The Hall–Kier alpha value is -1.02. The van der Waals surface area contributed by atoms with Crippen LogP contribution in [0.2, 0.25) is 0 Å². The second-order valence-electron chi connectivity index (χ2n) is 3.05. The van der Waals surface area contributed by atoms with Crippen molar-refractivity contribution in [2.45, 2.75) is 17.2 Å². The lowest BCUT2D eigenvalue weighted by atomic mass is 10.1. The van der Waals surface area contributed by atoms with E-state index in [0.29, 0.717) is 5.38 Å². The molecule has 1 aliphatic heterocycles. The van der Waals surface area contributed by atoms with Crippen molar-refractivity contribution in [1.82, 2.24) is 0 Å². The fourth-order valence-corrected chi connectivity index (χ4v) is 2.38. The Morgan fingerprint density at radius 3 is 2.69 bits per heavy atom. The Morgan fingerprint density at radius 2 is 2.08 bits per heavy atom. The van der Waals surface area contributed by atoms with Gasteiger partial charge in [0.15, 0.2) is 0 Å². The van der Waals surface area contributed by atoms with Crippen molar-refractivity contribution in [2.75, 3.05) is 0 Å². The summed E-state index contributed by atoms with van der Waals surface area (Å²) in [5.41, 5.74) is 1.22. The molecule has 1 N–H and O–H groups in total. The van der Waals surface area contributed by atoms with Crippen LogP contribution < -0.4 is 0 Å². The molecule has 1 aliphatic rings. The van der Waals surface area contributed by atoms with Crippen LogP contribution in [-0.2, 0) is 4.79 Å². The number of halogens is 1. The van der Waals surface area contributed by atoms with Crippen LogP contribution in [0.3, 0.4) is 0 Å². The summed E-state index contributed by atoms with van der Waals surface area (Å²) in [6.45, 7) is 0. The molecule has 68 valence electrons. The van der Waals surface area contributed by atoms with Gasteiger partial charge in [0.2, 0.25) is 0 Å². The van der Waals surface area contributed by atoms with Gasteiger partial charge in [-0.15, -0.1) is 0 Å². The van der Waals surface area contributed by atoms with Gasteiger partial charge in [0, 0.05) is 5.56 Å². The van der Waals surface area contributed by atoms with Gasteiger partial charge in [-0.25, -0.2) is 0 Å². The standard InChI is InChI=1S/C10H9ClO2/c12-9(13)6-8-10(11-8)7-4-2-1-3-5-7/h1-5,8,10H,6H2/p+1. The van der Waals surface area contributed by atoms with Gasteiger partial charge in [0.05, 0.1) is 0 Å². The number of aliphatic carboxylic acids is 1. The summed E-state index contributed by atoms with van der Waals surface area (Å²) in [5.74, 6) is -0.712. The predicted molar refractivity (Wildman–Crippen MR) is 45.2 cm³/mol. The van der Waals surface area contributed by atoms with E-state index in [0.717, 1.165) is 0 Å². The normalized spacial score (nSPS) is 25.5. The molecule has 0 aromatic heterocycles. The summed E-state index contributed by atoms with van der Waals surface area (Å²) in [4.78, 5) is 10.4. The quantitative estimate of drug-likeness (QED) is 0.749. The Kier molecular flexibility index (Phi) is 2.23. The summed E-state index contributed by atoms with van der Waals surface area (Å²) in [5, 5.41) is 9.16. The molecule has 3 heteroatoms. The van der Waals surface area contributed by atoms with E-state index in [4.69, 9.17) is 5.11 Å². The van der Waals surface area contributed by atoms with Crippen molar-refractivity contribution in [2.24, 2.45) is 0 Å². The lowest BCUT2D eigenvalue weighted by molar-refractivity contribution is -0.518. The fraction of sp³-hybridized carbons (Fsp3) is 0.300. The minimum atomic E-state index is -0.712. The lowest BCUT2D eigenvalue weighted by Gasteiger charge is -1.87. The van der Waals surface area contributed by atoms with E-state index >= 15 is 0 Å². The molecule has 1 heterocycles. The Bertz CT molecular complexity index is 310. The molecule has 0 saturated carbocycles. The fourth-order valence-electron chi connectivity index (χ4n) is 1.37. The summed E-state index contributed by atoms with van der Waals surface area (Å²) >= 11 is 0. The molecule has 0 bridgehead atoms. The van der Waals surface area contributed by atoms with Crippen LogP contribution >= 0.6 is 0 Å². The molecular weight excluding hydrogens is 188 g/mol. The van der Waals surface area contributed by atoms with Gasteiger partial charge in [-0.1, -0.05) is 30.3 Å². The second-order valence-corrected chi connectivity index (χ2v) is 4.34. The van der Waals surface area contributed by atoms with Gasteiger partial charge in [-0.2, -0.15) is 0 Å². The molecule has 1 aromatic rings. The van der Waals surface area contributed by atoms with Crippen molar-refractivity contribution in [1.29, 1.82) is 0 Å². The van der Waals surface area contributed by atoms with Crippen LogP contribution in [0.1, 0.15) is 17.4 Å². The van der Waals surface area contributed by atoms with E-state index < -0.39 is 5.97 Å². The molecule has 2 atom stereocenters. The van der Waals surface area contributed by atoms with E-state index in [-0.39, 0.29) is 11.8 Å². The number of hydrogen-bond donors (Lipinski definition) is 1. The highest BCUT2D eigenvalue weighted by atomic mass is 35.5. The van der Waals surface area contributed by atoms with Crippen LogP contribution in [-0.4, -0.2) is 16.5 Å². The minimum absolute atomic E-state index is 0.236. The Balaban J connectivity index is 1.97. The van der Waals surface area contributed by atoms with E-state index in [1.54, 1.807) is 0 Å². The number of alkyl halides is 2. The number of carboxylic acid groups (broad SMARTS) is 1. The molecule has 0 aliphatic carbocycles. The lowest BCUT2D eigenvalue weighted by Crippen LogP contribution is -2.00. The largest absolute Gasteiger partial charge is 0.481 e. The van der Waals surface area contributed by atoms with Crippen molar-refractivity contribution in [3.63, 3.8) is 0 Å². The molecule has 1 saturated heterocycles. The van der Waals surface area contributed by atoms with Gasteiger partial charge < -0.3 is 5.11 Å². The van der Waals surface area contributed by atoms with Gasteiger partial charge in [-0.3, -0.25) is 4.79 Å². The molecule has 0 radical (unpaired) electrons. The summed E-state index contributed by atoms with van der Waals surface area (Å²) in [7, 11) is 2.20. The van der Waals surface area contributed by atoms with E-state index in [1.807, 2.05) is 30.3 Å². The topological polar surface area (TPSA) is 37.3 Å². The molecule has 0 spiro atoms. The third kappa shape index (κ3) is 2.01. The van der Waals surface area contributed by atoms with Crippen LogP contribution in [0.25, 0.3) is 0 Å². The van der Waals surface area contributed by atoms with Crippen molar-refractivity contribution in [3.8, 4) is 0 Å². The molecule has 2 unspecified atom stereocenters. The zero-order valence-corrected chi connectivity index (χ0v) is 7.74. The summed E-state index contributed by atoms with van der Waals surface area (Å²) in [6.07, 6.45) is 0.257. The average Bonchev–Trinajstić information content (AvgIpc) is 2.84. The Labute approximate surface area is 80.3 Å². The molecule has 1 fully saturated rings. The third-order valence-electron chi connectivity index (χ3n) is 2.04. The maximum absolute atomic E-state index is 10.4. The first-order chi connectivity index (χ1) is 6.27. The molecule has 2 nitrogen and oxygen atoms in total. The van der Waals surface area contributed by atoms with Crippen LogP contribution in [0.15, 0.2) is 30.3 Å². The zero-order chi connectivity index (χ0) is 9.26. The second kappa shape index (κ2) is 3.38. The zero-order valence-electron chi connectivity index (χ0n) is 6.98. The monoisotopic (exact) mass is 197 g/mol. The summed E-state index contributed by atoms with van der Waals surface area (Å²) in [6, 6.07) is 10.0. The van der Waals surface area contributed by atoms with E-state index in [2.05, 4.69) is 10.8 Å². The molecule has 0 amide bonds. The SMILES string of the molecule is O=C(O)CC1[Cl+]C1c1ccccc1. The highest BCUT2D eigenvalue weighted by molar-refractivity contribution is 5.67. The van der Waals surface area contributed by atoms with Crippen molar-refractivity contribution < 1.29 is 20.7 Å². The van der Waals surface area contributed by atoms with Crippen molar-refractivity contribution >= 4 is 5.97 Å². The number of benzene rings is 1. The maximum atomic E-state index is 10.4. The highest BCUT2D eigenvalue weighted by Gasteiger charge is 2.59. The number of carbonyl (C=O) groups is 1. The van der Waals surface area contributed by atoms with Crippen LogP contribution in [0, 0.1) is 10.8 Å². The molecule has 13 heavy (non-hydrogen) atoms. The van der Waals surface area contributed by atoms with Gasteiger partial charge in [-0.05, 0) is 0 Å². The van der Waals surface area contributed by atoms with Crippen LogP contribution in [0.5, 0.6) is 0 Å². The predicted octanol–water partition coefficient (Wildman–Crippen LogP) is 1.67. The summed E-state index contributed by atoms with van der Waals surface area (Å²) < 4.78 is 0. The smallest absolute Gasteiger partial charge is 0.309 e. The van der Waals surface area contributed by atoms with Gasteiger partial charge in [0.1, 0.15) is 17.2 Å². The number of hydrogen-bond acceptors (Lipinski definition) is 1. The first-order valence-electron chi connectivity index (χ1n) is 4.16. The first-order valence-corrected chi connectivity index (χ1v) is 5.03. The van der Waals surface area contributed by atoms with Crippen molar-refractivity contribution in [3.05, 3.63) is 35.9 Å². The van der Waals surface area contributed by atoms with Crippen LogP contribution in [0.4, 0.5) is 0 Å². The Morgan fingerprint density at radius 1 is 1.38 bits per heavy atom. The third-order valence-corrected chi connectivity index (χ3v) is 3.30. The molecule has 2 rings (SSSR count). The highest BCUT2D eigenvalue weighted by Crippen LogP contribution is 2.41. The van der Waals surface area contributed by atoms with E-state index in [9.17, 15) is 4.79 Å². The minimum Gasteiger partial charge on any atom is -0.481 e. The first kappa shape index (κ1) is 8.57. The molecular formula is C10H10ClO2+. The number of carboxylic acids is 1. The van der Waals surface area contributed by atoms with E-state index in [1.165, 1.54) is 5.56 Å².